The molecule has 0 saturated carbocycles. The molecule has 0 amide bonds. The Hall–Kier alpha value is -1.41. The number of para-hydroxylation sites is 1. The molecule has 0 bridgehead atoms. The highest BCUT2D eigenvalue weighted by atomic mass is 32.2. The summed E-state index contributed by atoms with van der Waals surface area (Å²) < 4.78 is 6.12. The molecule has 2 heteroatoms. The van der Waals surface area contributed by atoms with Crippen molar-refractivity contribution in [2.24, 2.45) is 0 Å². The van der Waals surface area contributed by atoms with E-state index in [-0.39, 0.29) is 6.10 Å². The average molecular weight is 240 g/mol. The maximum absolute atomic E-state index is 6.12. The smallest absolute Gasteiger partial charge is 0.140 e. The minimum Gasteiger partial charge on any atom is -0.484 e. The molecule has 1 nitrogen and oxygen atoms in total. The minimum atomic E-state index is 0.211. The third-order valence-electron chi connectivity index (χ3n) is 3.53. The molecule has 0 saturated heterocycles. The Morgan fingerprint density at radius 2 is 1.71 bits per heavy atom. The summed E-state index contributed by atoms with van der Waals surface area (Å²) in [5.41, 5.74) is 4.15. The number of rotatable bonds is 0. The largest absolute Gasteiger partial charge is 0.484 e. The highest BCUT2D eigenvalue weighted by Gasteiger charge is 2.39. The molecule has 17 heavy (non-hydrogen) atoms. The summed E-state index contributed by atoms with van der Waals surface area (Å²) in [5.74, 6) is 2.15. The first-order chi connectivity index (χ1) is 8.43. The Morgan fingerprint density at radius 3 is 2.65 bits per heavy atom. The lowest BCUT2D eigenvalue weighted by atomic mass is 9.98. The molecule has 4 rings (SSSR count). The van der Waals surface area contributed by atoms with Gasteiger partial charge in [0.05, 0.1) is 5.25 Å². The lowest BCUT2D eigenvalue weighted by molar-refractivity contribution is 0.233. The molecule has 0 spiro atoms. The van der Waals surface area contributed by atoms with Gasteiger partial charge in [0.1, 0.15) is 11.9 Å². The molecule has 0 fully saturated rings. The van der Waals surface area contributed by atoms with Crippen molar-refractivity contribution in [3.05, 3.63) is 65.2 Å². The number of thioether (sulfide) groups is 1. The Bertz CT molecular complexity index is 579. The lowest BCUT2D eigenvalue weighted by Crippen LogP contribution is -2.14. The first-order valence-corrected chi connectivity index (χ1v) is 6.93. The highest BCUT2D eigenvalue weighted by molar-refractivity contribution is 7.98. The topological polar surface area (TPSA) is 9.23 Å². The van der Waals surface area contributed by atoms with Crippen LogP contribution in [-0.2, 0) is 5.75 Å². The van der Waals surface area contributed by atoms with Gasteiger partial charge >= 0.3 is 0 Å². The van der Waals surface area contributed by atoms with E-state index < -0.39 is 0 Å². The van der Waals surface area contributed by atoms with E-state index in [1.165, 1.54) is 16.7 Å². The number of fused-ring (bicyclic) bond motifs is 5. The molecule has 0 N–H and O–H groups in total. The van der Waals surface area contributed by atoms with Gasteiger partial charge in [0.25, 0.3) is 0 Å². The number of benzene rings is 2. The van der Waals surface area contributed by atoms with Gasteiger partial charge in [-0.15, -0.1) is 11.8 Å². The molecular weight excluding hydrogens is 228 g/mol. The molecular formula is C15H12OS. The molecule has 0 aromatic heterocycles. The van der Waals surface area contributed by atoms with Crippen molar-refractivity contribution in [2.75, 3.05) is 0 Å². The van der Waals surface area contributed by atoms with E-state index in [0.717, 1.165) is 11.5 Å². The first-order valence-electron chi connectivity index (χ1n) is 5.88. The fourth-order valence-electron chi connectivity index (χ4n) is 2.71. The zero-order chi connectivity index (χ0) is 11.2. The lowest BCUT2D eigenvalue weighted by Gasteiger charge is -2.26. The SMILES string of the molecule is c1ccc2c(c1)CS[C@H]1c3ccccc3O[C@H]21. The van der Waals surface area contributed by atoms with Gasteiger partial charge in [0, 0.05) is 11.3 Å². The molecule has 0 radical (unpaired) electrons. The monoisotopic (exact) mass is 240 g/mol. The van der Waals surface area contributed by atoms with Crippen LogP contribution in [-0.4, -0.2) is 0 Å². The minimum absolute atomic E-state index is 0.211. The van der Waals surface area contributed by atoms with Crippen LogP contribution in [0, 0.1) is 0 Å². The summed E-state index contributed by atoms with van der Waals surface area (Å²) >= 11 is 1.99. The van der Waals surface area contributed by atoms with E-state index in [1.54, 1.807) is 0 Å². The third kappa shape index (κ3) is 1.34. The molecule has 2 atom stereocenters. The summed E-state index contributed by atoms with van der Waals surface area (Å²) in [6.45, 7) is 0. The second kappa shape index (κ2) is 3.54. The third-order valence-corrected chi connectivity index (χ3v) is 4.87. The number of hydrogen-bond donors (Lipinski definition) is 0. The predicted molar refractivity (Wildman–Crippen MR) is 70.3 cm³/mol. The summed E-state index contributed by atoms with van der Waals surface area (Å²) in [6.07, 6.45) is 0.211. The second-order valence-electron chi connectivity index (χ2n) is 4.51. The van der Waals surface area contributed by atoms with Gasteiger partial charge in [0.2, 0.25) is 0 Å². The van der Waals surface area contributed by atoms with E-state index in [4.69, 9.17) is 4.74 Å². The zero-order valence-corrected chi connectivity index (χ0v) is 10.1. The van der Waals surface area contributed by atoms with Crippen LogP contribution in [0.3, 0.4) is 0 Å². The normalized spacial score (nSPS) is 24.5. The van der Waals surface area contributed by atoms with Crippen LogP contribution in [0.2, 0.25) is 0 Å². The standard InChI is InChI=1S/C15H12OS/c1-2-6-11-10(5-1)9-17-15-12-7-3-4-8-13(12)16-14(11)15/h1-8,14-15H,9H2/t14-,15+/m1/s1. The van der Waals surface area contributed by atoms with Gasteiger partial charge in [-0.2, -0.15) is 0 Å². The van der Waals surface area contributed by atoms with Crippen LogP contribution in [0.5, 0.6) is 5.75 Å². The fourth-order valence-corrected chi connectivity index (χ4v) is 4.08. The quantitative estimate of drug-likeness (QED) is 0.685. The molecule has 2 aromatic rings. The van der Waals surface area contributed by atoms with Crippen LogP contribution in [0.15, 0.2) is 48.5 Å². The maximum atomic E-state index is 6.12. The van der Waals surface area contributed by atoms with Crippen molar-refractivity contribution in [3.8, 4) is 5.75 Å². The summed E-state index contributed by atoms with van der Waals surface area (Å²) in [5, 5.41) is 0.473. The van der Waals surface area contributed by atoms with Gasteiger partial charge in [-0.25, -0.2) is 0 Å². The molecule has 0 unspecified atom stereocenters. The van der Waals surface area contributed by atoms with Crippen molar-refractivity contribution in [1.82, 2.24) is 0 Å². The Balaban J connectivity index is 1.85. The van der Waals surface area contributed by atoms with Crippen molar-refractivity contribution in [3.63, 3.8) is 0 Å². The van der Waals surface area contributed by atoms with Crippen LogP contribution in [0.25, 0.3) is 0 Å². The van der Waals surface area contributed by atoms with E-state index in [0.29, 0.717) is 5.25 Å². The molecule has 84 valence electrons. The van der Waals surface area contributed by atoms with Gasteiger partial charge in [-0.3, -0.25) is 0 Å². The average Bonchev–Trinajstić information content (AvgIpc) is 2.78. The Morgan fingerprint density at radius 1 is 0.941 bits per heavy atom. The van der Waals surface area contributed by atoms with E-state index in [2.05, 4.69) is 42.5 Å². The second-order valence-corrected chi connectivity index (χ2v) is 5.64. The maximum Gasteiger partial charge on any atom is 0.140 e. The van der Waals surface area contributed by atoms with Gasteiger partial charge in [-0.1, -0.05) is 42.5 Å². The number of ether oxygens (including phenoxy) is 1. The summed E-state index contributed by atoms with van der Waals surface area (Å²) in [4.78, 5) is 0. The molecule has 2 aromatic carbocycles. The number of hydrogen-bond acceptors (Lipinski definition) is 2. The van der Waals surface area contributed by atoms with Crippen LogP contribution in [0.4, 0.5) is 0 Å². The van der Waals surface area contributed by atoms with Gasteiger partial charge < -0.3 is 4.74 Å². The fraction of sp³-hybridized carbons (Fsp3) is 0.200. The van der Waals surface area contributed by atoms with Crippen molar-refractivity contribution in [1.29, 1.82) is 0 Å². The van der Waals surface area contributed by atoms with Crippen LogP contribution >= 0.6 is 11.8 Å². The Kier molecular flexibility index (Phi) is 2.00. The molecule has 0 aliphatic carbocycles. The van der Waals surface area contributed by atoms with E-state index in [9.17, 15) is 0 Å². The van der Waals surface area contributed by atoms with Crippen LogP contribution in [0.1, 0.15) is 28.0 Å². The van der Waals surface area contributed by atoms with Crippen molar-refractivity contribution >= 4 is 11.8 Å². The zero-order valence-electron chi connectivity index (χ0n) is 9.30. The summed E-state index contributed by atoms with van der Waals surface area (Å²) in [7, 11) is 0. The van der Waals surface area contributed by atoms with Crippen LogP contribution < -0.4 is 4.74 Å². The van der Waals surface area contributed by atoms with Gasteiger partial charge in [0.15, 0.2) is 0 Å². The Labute approximate surface area is 105 Å². The summed E-state index contributed by atoms with van der Waals surface area (Å²) in [6, 6.07) is 17.1. The van der Waals surface area contributed by atoms with E-state index in [1.807, 2.05) is 17.8 Å². The molecule has 2 aliphatic heterocycles. The van der Waals surface area contributed by atoms with Crippen molar-refractivity contribution in [2.45, 2.75) is 17.1 Å². The van der Waals surface area contributed by atoms with E-state index >= 15 is 0 Å². The molecule has 2 aliphatic rings. The van der Waals surface area contributed by atoms with Crippen molar-refractivity contribution < 1.29 is 4.74 Å². The molecule has 2 heterocycles. The highest BCUT2D eigenvalue weighted by Crippen LogP contribution is 2.55. The predicted octanol–water partition coefficient (Wildman–Crippen LogP) is 4.11. The first kappa shape index (κ1) is 9.60. The van der Waals surface area contributed by atoms with Gasteiger partial charge in [-0.05, 0) is 17.2 Å².